The summed E-state index contributed by atoms with van der Waals surface area (Å²) in [6, 6.07) is 7.43. The van der Waals surface area contributed by atoms with E-state index in [1.165, 1.54) is 0 Å². The summed E-state index contributed by atoms with van der Waals surface area (Å²) >= 11 is 12.5. The van der Waals surface area contributed by atoms with E-state index in [0.29, 0.717) is 22.7 Å². The zero-order valence-electron chi connectivity index (χ0n) is 15.8. The summed E-state index contributed by atoms with van der Waals surface area (Å²) in [5.41, 5.74) is 12.8. The van der Waals surface area contributed by atoms with E-state index in [-0.39, 0.29) is 11.9 Å². The average molecular weight is 458 g/mol. The van der Waals surface area contributed by atoms with E-state index in [1.54, 1.807) is 12.3 Å². The van der Waals surface area contributed by atoms with Gasteiger partial charge in [-0.1, -0.05) is 23.2 Å². The Morgan fingerprint density at radius 3 is 2.62 bits per heavy atom. The van der Waals surface area contributed by atoms with Gasteiger partial charge in [0.15, 0.2) is 0 Å². The van der Waals surface area contributed by atoms with Crippen LogP contribution in [0.25, 0.3) is 0 Å². The standard InChI is InChI=1S/C17H17Cl2N5.CH4O3S/c1-9-4-5-22-14-6-10(12-8-11(18)2-3-13(12)19)7-15(16(9)14)23-24-17(20)21;1-5(2,3)4/h2-5,8,10H,6-7H2,1H3,(H4,20,21,24);1H3,(H,2,3,4). The van der Waals surface area contributed by atoms with Crippen molar-refractivity contribution in [3.8, 4) is 0 Å². The molecule has 156 valence electrons. The van der Waals surface area contributed by atoms with Crippen LogP contribution in [0.4, 0.5) is 0 Å². The number of aromatic nitrogens is 1. The van der Waals surface area contributed by atoms with Crippen molar-refractivity contribution in [2.24, 2.45) is 10.8 Å². The molecule has 8 nitrogen and oxygen atoms in total. The van der Waals surface area contributed by atoms with E-state index in [4.69, 9.17) is 38.9 Å². The number of hydrazone groups is 1. The van der Waals surface area contributed by atoms with E-state index < -0.39 is 10.1 Å². The zero-order chi connectivity index (χ0) is 21.8. The van der Waals surface area contributed by atoms with Crippen LogP contribution in [-0.2, 0) is 16.5 Å². The average Bonchev–Trinajstić information content (AvgIpc) is 2.60. The fourth-order valence-electron chi connectivity index (χ4n) is 3.08. The Kier molecular flexibility index (Phi) is 7.59. The molecule has 1 aromatic heterocycles. The van der Waals surface area contributed by atoms with Gasteiger partial charge < -0.3 is 5.73 Å². The van der Waals surface area contributed by atoms with Gasteiger partial charge in [0, 0.05) is 21.8 Å². The number of halogens is 2. The molecular weight excluding hydrogens is 437 g/mol. The molecule has 29 heavy (non-hydrogen) atoms. The third kappa shape index (κ3) is 6.97. The molecule has 5 N–H and O–H groups in total. The highest BCUT2D eigenvalue weighted by Gasteiger charge is 2.28. The Bertz CT molecular complexity index is 1050. The van der Waals surface area contributed by atoms with Gasteiger partial charge >= 0.3 is 0 Å². The lowest BCUT2D eigenvalue weighted by Crippen LogP contribution is -2.29. The molecule has 1 aliphatic rings. The zero-order valence-corrected chi connectivity index (χ0v) is 18.1. The summed E-state index contributed by atoms with van der Waals surface area (Å²) in [7, 11) is -3.67. The molecule has 1 unspecified atom stereocenters. The molecule has 1 aromatic carbocycles. The first kappa shape index (κ1) is 23.1. The molecule has 0 fully saturated rings. The fraction of sp³-hybridized carbons (Fsp3) is 0.278. The second kappa shape index (κ2) is 9.53. The molecule has 0 saturated heterocycles. The summed E-state index contributed by atoms with van der Waals surface area (Å²) in [6.07, 6.45) is 3.94. The summed E-state index contributed by atoms with van der Waals surface area (Å²) in [6.45, 7) is 2.02. The number of benzene rings is 1. The summed E-state index contributed by atoms with van der Waals surface area (Å²) < 4.78 is 25.9. The van der Waals surface area contributed by atoms with Gasteiger partial charge in [-0.15, -0.1) is 0 Å². The van der Waals surface area contributed by atoms with Crippen molar-refractivity contribution in [2.75, 3.05) is 6.26 Å². The SMILES string of the molecule is CS(=O)(=O)O.Cc1ccnc2c1C(=NNC(=N)N)CC(c1cc(Cl)ccc1Cl)C2. The molecule has 0 bridgehead atoms. The highest BCUT2D eigenvalue weighted by atomic mass is 35.5. The van der Waals surface area contributed by atoms with Crippen LogP contribution in [0.3, 0.4) is 0 Å². The summed E-state index contributed by atoms with van der Waals surface area (Å²) in [5.74, 6) is -0.0842. The minimum Gasteiger partial charge on any atom is -0.369 e. The van der Waals surface area contributed by atoms with E-state index in [9.17, 15) is 8.42 Å². The molecule has 0 radical (unpaired) electrons. The Morgan fingerprint density at radius 1 is 1.34 bits per heavy atom. The monoisotopic (exact) mass is 457 g/mol. The maximum Gasteiger partial charge on any atom is 0.261 e. The third-order valence-electron chi connectivity index (χ3n) is 4.12. The Morgan fingerprint density at radius 2 is 2.00 bits per heavy atom. The van der Waals surface area contributed by atoms with Crippen LogP contribution in [0.1, 0.15) is 34.7 Å². The first-order valence-corrected chi connectivity index (χ1v) is 11.0. The van der Waals surface area contributed by atoms with Gasteiger partial charge in [-0.3, -0.25) is 14.9 Å². The third-order valence-corrected chi connectivity index (χ3v) is 4.69. The highest BCUT2D eigenvalue weighted by Crippen LogP contribution is 2.37. The van der Waals surface area contributed by atoms with Crippen LogP contribution in [-0.4, -0.2) is 35.9 Å². The van der Waals surface area contributed by atoms with Crippen LogP contribution >= 0.6 is 23.2 Å². The number of hydrogen-bond acceptors (Lipinski definition) is 5. The van der Waals surface area contributed by atoms with Crippen molar-refractivity contribution in [3.63, 3.8) is 0 Å². The molecule has 1 aliphatic carbocycles. The lowest BCUT2D eigenvalue weighted by Gasteiger charge is -2.27. The van der Waals surface area contributed by atoms with Gasteiger partial charge in [0.2, 0.25) is 5.96 Å². The van der Waals surface area contributed by atoms with Gasteiger partial charge in [-0.05, 0) is 61.1 Å². The number of nitrogens with zero attached hydrogens (tertiary/aromatic N) is 2. The lowest BCUT2D eigenvalue weighted by atomic mass is 9.80. The molecular formula is C18H21Cl2N5O3S. The van der Waals surface area contributed by atoms with E-state index in [2.05, 4.69) is 15.5 Å². The van der Waals surface area contributed by atoms with Gasteiger partial charge in [0.25, 0.3) is 10.1 Å². The van der Waals surface area contributed by atoms with Crippen molar-refractivity contribution in [1.82, 2.24) is 10.4 Å². The normalized spacial score (nSPS) is 17.1. The maximum atomic E-state index is 9.19. The predicted molar refractivity (Wildman–Crippen MR) is 116 cm³/mol. The van der Waals surface area contributed by atoms with Crippen LogP contribution in [0.15, 0.2) is 35.6 Å². The molecule has 2 aromatic rings. The summed E-state index contributed by atoms with van der Waals surface area (Å²) in [4.78, 5) is 4.52. The second-order valence-corrected chi connectivity index (χ2v) is 8.85. The Balaban J connectivity index is 0.000000537. The van der Waals surface area contributed by atoms with Crippen LogP contribution in [0, 0.1) is 12.3 Å². The van der Waals surface area contributed by atoms with Gasteiger partial charge in [0.1, 0.15) is 0 Å². The van der Waals surface area contributed by atoms with Crippen LogP contribution in [0.5, 0.6) is 0 Å². The van der Waals surface area contributed by atoms with Crippen LogP contribution < -0.4 is 11.2 Å². The molecule has 0 aliphatic heterocycles. The number of rotatable bonds is 2. The molecule has 1 heterocycles. The summed E-state index contributed by atoms with van der Waals surface area (Å²) in [5, 5.41) is 13.0. The van der Waals surface area contributed by atoms with Gasteiger partial charge in [-0.25, -0.2) is 5.43 Å². The van der Waals surface area contributed by atoms with Crippen molar-refractivity contribution >= 4 is 45.0 Å². The predicted octanol–water partition coefficient (Wildman–Crippen LogP) is 3.12. The maximum absolute atomic E-state index is 9.19. The lowest BCUT2D eigenvalue weighted by molar-refractivity contribution is 0.490. The number of guanidine groups is 1. The number of pyridine rings is 1. The quantitative estimate of drug-likeness (QED) is 0.236. The number of nitrogens with one attached hydrogen (secondary N) is 2. The van der Waals surface area contributed by atoms with E-state index in [1.807, 2.05) is 25.1 Å². The molecule has 11 heteroatoms. The van der Waals surface area contributed by atoms with Crippen LogP contribution in [0.2, 0.25) is 10.0 Å². The number of nitrogens with two attached hydrogens (primary N) is 1. The first-order chi connectivity index (χ1) is 13.5. The molecule has 0 saturated carbocycles. The number of fused-ring (bicyclic) bond motifs is 1. The van der Waals surface area contributed by atoms with Crippen molar-refractivity contribution in [1.29, 1.82) is 5.41 Å². The largest absolute Gasteiger partial charge is 0.369 e. The fourth-order valence-corrected chi connectivity index (χ4v) is 3.53. The van der Waals surface area contributed by atoms with Crippen molar-refractivity contribution in [3.05, 3.63) is 62.9 Å². The highest BCUT2D eigenvalue weighted by molar-refractivity contribution is 7.85. The Labute approximate surface area is 179 Å². The number of hydrogen-bond donors (Lipinski definition) is 4. The topological polar surface area (TPSA) is 142 Å². The molecule has 0 spiro atoms. The second-order valence-electron chi connectivity index (χ2n) is 6.54. The molecule has 0 amide bonds. The molecule has 1 atom stereocenters. The van der Waals surface area contributed by atoms with Gasteiger partial charge in [-0.2, -0.15) is 13.5 Å². The van der Waals surface area contributed by atoms with E-state index in [0.717, 1.165) is 34.5 Å². The smallest absolute Gasteiger partial charge is 0.261 e. The molecule has 3 rings (SSSR count). The Hall–Kier alpha value is -2.20. The van der Waals surface area contributed by atoms with Gasteiger partial charge in [0.05, 0.1) is 17.7 Å². The van der Waals surface area contributed by atoms with E-state index >= 15 is 0 Å². The minimum atomic E-state index is -3.67. The minimum absolute atomic E-state index is 0.116. The first-order valence-electron chi connectivity index (χ1n) is 8.44. The van der Waals surface area contributed by atoms with Crippen molar-refractivity contribution < 1.29 is 13.0 Å². The van der Waals surface area contributed by atoms with Crippen molar-refractivity contribution in [2.45, 2.75) is 25.7 Å². The number of aryl methyl sites for hydroxylation is 1.